The molecule has 1 aliphatic heterocycles. The Balaban J connectivity index is 1.01. The second-order valence-corrected chi connectivity index (χ2v) is 25.9. The Morgan fingerprint density at radius 3 is 1.83 bits per heavy atom. The summed E-state index contributed by atoms with van der Waals surface area (Å²) in [6, 6.07) is 63.8. The van der Waals surface area contributed by atoms with Crippen LogP contribution in [0.4, 0.5) is 0 Å². The van der Waals surface area contributed by atoms with Crippen LogP contribution in [0.5, 0.6) is 0 Å². The van der Waals surface area contributed by atoms with Gasteiger partial charge in [0.05, 0.1) is 23.8 Å². The van der Waals surface area contributed by atoms with Gasteiger partial charge in [-0.1, -0.05) is 229 Å². The van der Waals surface area contributed by atoms with Crippen LogP contribution >= 0.6 is 0 Å². The number of aromatic nitrogens is 4. The van der Waals surface area contributed by atoms with Crippen molar-refractivity contribution in [3.05, 3.63) is 222 Å². The summed E-state index contributed by atoms with van der Waals surface area (Å²) in [6.45, 7) is 11.4. The summed E-state index contributed by atoms with van der Waals surface area (Å²) in [6.07, 6.45) is 8.07. The number of nitrogens with zero attached hydrogens (tertiary/aromatic N) is 5. The number of benzene rings is 6. The number of nitriles is 1. The van der Waals surface area contributed by atoms with Gasteiger partial charge in [-0.15, -0.1) is 5.10 Å². The van der Waals surface area contributed by atoms with Crippen LogP contribution in [-0.4, -0.2) is 63.7 Å². The van der Waals surface area contributed by atoms with Crippen LogP contribution < -0.4 is 10.4 Å². The fraction of sp³-hybridized carbons (Fsp3) is 0.359. The van der Waals surface area contributed by atoms with Gasteiger partial charge >= 0.3 is 5.97 Å². The van der Waals surface area contributed by atoms with Gasteiger partial charge in [-0.25, -0.2) is 9.48 Å². The third kappa shape index (κ3) is 10.9. The van der Waals surface area contributed by atoms with Crippen LogP contribution in [0.1, 0.15) is 112 Å². The first kappa shape index (κ1) is 53.0. The third-order valence-electron chi connectivity index (χ3n) is 15.9. The molecule has 2 heterocycles. The molecule has 11 heteroatoms. The van der Waals surface area contributed by atoms with Gasteiger partial charge in [0.15, 0.2) is 11.6 Å². The monoisotopic (exact) mass is 1020 g/mol. The first-order valence-corrected chi connectivity index (χ1v) is 28.8. The maximum atomic E-state index is 13.9. The standard InChI is InChI=1S/C64H71N5O5Si/c1-6-7-27-47(2)57(74-75(62(3,4)5,53-37-22-12-23-38-53)54-39-24-13-25-40-54)43-42-55-56-45-63(71,73-59(56)44-58(55)72-61(70)48-28-14-8-15-29-48)52(46-65)36-26-41-60-66-67-68-69(60)64(49-30-16-9-17-31-49,50-32-18-10-19-33-50)51-34-20-11-21-35-51/h8-25,28-35,37-40,42-43,47,52,55-59,71H,6-7,26-27,36,41,44-45H2,1-5H3/b43-42+/t47?,52?,55-,56-,57-,58-,59+,63?/m1/s1. The van der Waals surface area contributed by atoms with Gasteiger partial charge in [0.1, 0.15) is 17.6 Å². The van der Waals surface area contributed by atoms with E-state index < -0.39 is 43.7 Å². The van der Waals surface area contributed by atoms with Crippen LogP contribution in [0.25, 0.3) is 0 Å². The molecule has 0 bridgehead atoms. The molecule has 0 spiro atoms. The fourth-order valence-electron chi connectivity index (χ4n) is 12.1. The fourth-order valence-corrected chi connectivity index (χ4v) is 16.8. The number of aryl methyl sites for hydroxylation is 1. The first-order valence-electron chi connectivity index (χ1n) is 26.9. The van der Waals surface area contributed by atoms with Gasteiger partial charge in [0, 0.05) is 31.1 Å². The van der Waals surface area contributed by atoms with E-state index in [0.717, 1.165) is 36.0 Å². The van der Waals surface area contributed by atoms with E-state index in [-0.39, 0.29) is 35.3 Å². The Kier molecular flexibility index (Phi) is 16.5. The highest BCUT2D eigenvalue weighted by Crippen LogP contribution is 2.52. The summed E-state index contributed by atoms with van der Waals surface area (Å²) in [7, 11) is -3.00. The normalized spacial score (nSPS) is 21.0. The lowest BCUT2D eigenvalue weighted by Gasteiger charge is -2.46. The average molecular weight is 1020 g/mol. The highest BCUT2D eigenvalue weighted by molar-refractivity contribution is 6.99. The summed E-state index contributed by atoms with van der Waals surface area (Å²) in [4.78, 5) is 13.9. The number of unbranched alkanes of at least 4 members (excludes halogenated alkanes) is 1. The minimum absolute atomic E-state index is 0.157. The molecule has 6 aromatic carbocycles. The zero-order chi connectivity index (χ0) is 52.5. The van der Waals surface area contributed by atoms with Crippen molar-refractivity contribution in [1.82, 2.24) is 20.2 Å². The zero-order valence-electron chi connectivity index (χ0n) is 44.0. The molecule has 386 valence electrons. The molecule has 2 aliphatic rings. The molecule has 2 fully saturated rings. The predicted octanol–water partition coefficient (Wildman–Crippen LogP) is 11.6. The van der Waals surface area contributed by atoms with Crippen LogP contribution in [0.15, 0.2) is 194 Å². The molecule has 9 rings (SSSR count). The summed E-state index contributed by atoms with van der Waals surface area (Å²) in [5.74, 6) is -2.77. The maximum Gasteiger partial charge on any atom is 0.338 e. The van der Waals surface area contributed by atoms with Crippen molar-refractivity contribution in [3.63, 3.8) is 0 Å². The summed E-state index contributed by atoms with van der Waals surface area (Å²) in [5, 5.41) is 39.3. The topological polar surface area (TPSA) is 132 Å². The molecular weight excluding hydrogens is 947 g/mol. The summed E-state index contributed by atoms with van der Waals surface area (Å²) in [5.41, 5.74) is 2.57. The molecule has 75 heavy (non-hydrogen) atoms. The van der Waals surface area contributed by atoms with Crippen molar-refractivity contribution in [2.45, 2.75) is 121 Å². The maximum absolute atomic E-state index is 13.9. The number of hydrogen-bond acceptors (Lipinski definition) is 9. The van der Waals surface area contributed by atoms with Crippen molar-refractivity contribution >= 4 is 24.7 Å². The number of fused-ring (bicyclic) bond motifs is 1. The minimum Gasteiger partial charge on any atom is -0.458 e. The van der Waals surface area contributed by atoms with Crippen LogP contribution in [0.2, 0.25) is 5.04 Å². The van der Waals surface area contributed by atoms with Crippen molar-refractivity contribution < 1.29 is 23.8 Å². The van der Waals surface area contributed by atoms with E-state index in [4.69, 9.17) is 19.1 Å². The first-order chi connectivity index (χ1) is 36.4. The van der Waals surface area contributed by atoms with E-state index in [1.165, 1.54) is 10.4 Å². The van der Waals surface area contributed by atoms with Gasteiger partial charge in [0.2, 0.25) is 0 Å². The molecular formula is C64H71N5O5Si. The largest absolute Gasteiger partial charge is 0.458 e. The van der Waals surface area contributed by atoms with Gasteiger partial charge in [-0.05, 0) is 79.8 Å². The number of esters is 1. The van der Waals surface area contributed by atoms with Gasteiger partial charge in [0.25, 0.3) is 8.32 Å². The molecule has 8 atom stereocenters. The van der Waals surface area contributed by atoms with E-state index in [0.29, 0.717) is 37.1 Å². The van der Waals surface area contributed by atoms with Crippen molar-refractivity contribution in [2.24, 2.45) is 23.7 Å². The minimum atomic E-state index is -3.00. The number of hydrogen-bond donors (Lipinski definition) is 1. The predicted molar refractivity (Wildman–Crippen MR) is 296 cm³/mol. The highest BCUT2D eigenvalue weighted by Gasteiger charge is 2.58. The molecule has 1 saturated heterocycles. The molecule has 1 aromatic heterocycles. The molecule has 1 N–H and O–H groups in total. The Labute approximate surface area is 444 Å². The van der Waals surface area contributed by atoms with Crippen LogP contribution in [-0.2, 0) is 25.9 Å². The summed E-state index contributed by atoms with van der Waals surface area (Å²) >= 11 is 0. The number of rotatable bonds is 21. The number of ether oxygens (including phenoxy) is 2. The van der Waals surface area contributed by atoms with Crippen LogP contribution in [0.3, 0.4) is 0 Å². The van der Waals surface area contributed by atoms with E-state index in [2.05, 4.69) is 160 Å². The SMILES string of the molecule is CCCCC(C)[C@@H](/C=C/[C@@H]1[C@H]2CC(O)(C(C#N)CCCc3nnnn3C(c3ccccc3)(c3ccccc3)c3ccccc3)O[C@H]2C[C@H]1OC(=O)c1ccccc1)O[Si](c1ccccc1)(c1ccccc1)C(C)(C)C. The molecule has 7 aromatic rings. The number of carbonyl (C=O) groups excluding carboxylic acids is 1. The highest BCUT2D eigenvalue weighted by atomic mass is 28.4. The molecule has 10 nitrogen and oxygen atoms in total. The smallest absolute Gasteiger partial charge is 0.338 e. The van der Waals surface area contributed by atoms with Crippen molar-refractivity contribution in [1.29, 1.82) is 5.26 Å². The van der Waals surface area contributed by atoms with Gasteiger partial charge < -0.3 is 19.0 Å². The number of aliphatic hydroxyl groups is 1. The lowest BCUT2D eigenvalue weighted by Crippen LogP contribution is -2.68. The zero-order valence-corrected chi connectivity index (χ0v) is 45.0. The summed E-state index contributed by atoms with van der Waals surface area (Å²) < 4.78 is 22.9. The number of tetrazole rings is 1. The van der Waals surface area contributed by atoms with Crippen molar-refractivity contribution in [3.8, 4) is 6.07 Å². The Morgan fingerprint density at radius 2 is 1.32 bits per heavy atom. The number of carbonyl (C=O) groups is 1. The van der Waals surface area contributed by atoms with E-state index in [9.17, 15) is 15.2 Å². The molecule has 0 amide bonds. The molecule has 1 saturated carbocycles. The van der Waals surface area contributed by atoms with E-state index >= 15 is 0 Å². The molecule has 1 aliphatic carbocycles. The van der Waals surface area contributed by atoms with E-state index in [1.807, 2.05) is 77.5 Å². The van der Waals surface area contributed by atoms with Crippen molar-refractivity contribution in [2.75, 3.05) is 0 Å². The lowest BCUT2D eigenvalue weighted by atomic mass is 9.77. The van der Waals surface area contributed by atoms with Gasteiger partial charge in [-0.2, -0.15) is 5.26 Å². The second kappa shape index (κ2) is 23.4. The third-order valence-corrected chi connectivity index (χ3v) is 20.9. The Bertz CT molecular complexity index is 2850. The van der Waals surface area contributed by atoms with Gasteiger partial charge in [-0.3, -0.25) is 0 Å². The lowest BCUT2D eigenvalue weighted by molar-refractivity contribution is -0.217. The van der Waals surface area contributed by atoms with E-state index in [1.54, 1.807) is 12.1 Å². The average Bonchev–Trinajstić information content (AvgIpc) is 4.14. The molecule has 3 unspecified atom stereocenters. The second-order valence-electron chi connectivity index (χ2n) is 21.6. The Morgan fingerprint density at radius 1 is 0.800 bits per heavy atom. The Hall–Kier alpha value is -6.81. The quantitative estimate of drug-likeness (QED) is 0.0323. The molecule has 0 radical (unpaired) electrons. The van der Waals surface area contributed by atoms with Crippen LogP contribution in [0, 0.1) is 35.0 Å².